The Labute approximate surface area is 182 Å². The monoisotopic (exact) mass is 584 g/mol. The van der Waals surface area contributed by atoms with Crippen LogP contribution in [0, 0.1) is 0 Å². The van der Waals surface area contributed by atoms with E-state index in [1.54, 1.807) is 17.7 Å². The quantitative estimate of drug-likeness (QED) is 0.151. The van der Waals surface area contributed by atoms with Crippen molar-refractivity contribution in [2.45, 2.75) is 96.8 Å². The van der Waals surface area contributed by atoms with Gasteiger partial charge < -0.3 is 10.2 Å². The molecule has 26 heavy (non-hydrogen) atoms. The molecule has 4 nitrogen and oxygen atoms in total. The van der Waals surface area contributed by atoms with Gasteiger partial charge in [-0.05, 0) is 0 Å². The SMILES string of the molecule is CCC[CH2][Sn][CH2]CCC.CCC[CH2][Sn][CH2]CCC.O=C(O)/C=C\C(=O)O. The fraction of sp³-hybridized carbons (Fsp3) is 0.800. The molecule has 0 aromatic rings. The van der Waals surface area contributed by atoms with Gasteiger partial charge in [0.1, 0.15) is 0 Å². The normalized spacial score (nSPS) is 9.85. The van der Waals surface area contributed by atoms with Crippen LogP contribution in [0.4, 0.5) is 0 Å². The van der Waals surface area contributed by atoms with Gasteiger partial charge in [-0.1, -0.05) is 0 Å². The predicted octanol–water partition coefficient (Wildman–Crippen LogP) is 5.97. The van der Waals surface area contributed by atoms with Crippen molar-refractivity contribution in [1.82, 2.24) is 0 Å². The first-order valence-electron chi connectivity index (χ1n) is 10.0. The predicted molar refractivity (Wildman–Crippen MR) is 115 cm³/mol. The number of hydrogen-bond donors (Lipinski definition) is 2. The maximum absolute atomic E-state index is 9.55. The van der Waals surface area contributed by atoms with E-state index in [1.807, 2.05) is 0 Å². The molecule has 6 heteroatoms. The molecule has 0 aliphatic heterocycles. The smallest absolute Gasteiger partial charge is 0.328 e. The Morgan fingerprint density at radius 3 is 1.00 bits per heavy atom. The van der Waals surface area contributed by atoms with Gasteiger partial charge in [-0.15, -0.1) is 0 Å². The van der Waals surface area contributed by atoms with Gasteiger partial charge in [0.05, 0.1) is 0 Å². The van der Waals surface area contributed by atoms with E-state index in [0.717, 1.165) is 0 Å². The maximum atomic E-state index is 9.55. The minimum absolute atomic E-state index is 0.149. The van der Waals surface area contributed by atoms with Gasteiger partial charge in [-0.3, -0.25) is 0 Å². The van der Waals surface area contributed by atoms with Crippen LogP contribution >= 0.6 is 0 Å². The van der Waals surface area contributed by atoms with Crippen LogP contribution < -0.4 is 0 Å². The number of carboxylic acids is 2. The van der Waals surface area contributed by atoms with Crippen LogP contribution in [0.15, 0.2) is 12.2 Å². The van der Waals surface area contributed by atoms with Gasteiger partial charge in [0.25, 0.3) is 0 Å². The molecule has 152 valence electrons. The van der Waals surface area contributed by atoms with Gasteiger partial charge >= 0.3 is 151 Å². The molecular formula is C20H40O4Sn2. The third-order valence-electron chi connectivity index (χ3n) is 3.20. The van der Waals surface area contributed by atoms with Crippen molar-refractivity contribution in [2.75, 3.05) is 0 Å². The molecule has 0 heterocycles. The van der Waals surface area contributed by atoms with E-state index in [0.29, 0.717) is 12.2 Å². The van der Waals surface area contributed by atoms with Gasteiger partial charge in [0.15, 0.2) is 0 Å². The zero-order chi connectivity index (χ0) is 20.5. The van der Waals surface area contributed by atoms with E-state index in [4.69, 9.17) is 10.2 Å². The minimum atomic E-state index is -1.26. The molecule has 0 aromatic heterocycles. The van der Waals surface area contributed by atoms with Crippen LogP contribution in [0.5, 0.6) is 0 Å². The molecule has 0 aromatic carbocycles. The Hall–Kier alpha value is 0.277. The second kappa shape index (κ2) is 30.0. The summed E-state index contributed by atoms with van der Waals surface area (Å²) in [5.74, 6) is -2.51. The van der Waals surface area contributed by atoms with Crippen LogP contribution in [0.25, 0.3) is 0 Å². The molecule has 0 saturated heterocycles. The van der Waals surface area contributed by atoms with Gasteiger partial charge in [-0.25, -0.2) is 9.59 Å². The van der Waals surface area contributed by atoms with Gasteiger partial charge in [0, 0.05) is 12.2 Å². The zero-order valence-electron chi connectivity index (χ0n) is 17.4. The first-order chi connectivity index (χ1) is 12.5. The van der Waals surface area contributed by atoms with Gasteiger partial charge in [0.2, 0.25) is 0 Å². The zero-order valence-corrected chi connectivity index (χ0v) is 23.1. The van der Waals surface area contributed by atoms with E-state index >= 15 is 0 Å². The Bertz CT molecular complexity index is 279. The Balaban J connectivity index is -0.000000306. The van der Waals surface area contributed by atoms with E-state index in [-0.39, 0.29) is 42.3 Å². The molecule has 0 spiro atoms. The van der Waals surface area contributed by atoms with E-state index in [2.05, 4.69) is 27.7 Å². The molecule has 0 saturated carbocycles. The van der Waals surface area contributed by atoms with E-state index in [1.165, 1.54) is 51.4 Å². The summed E-state index contributed by atoms with van der Waals surface area (Å²) >= 11 is 0.299. The third-order valence-corrected chi connectivity index (χ3v) is 11.3. The van der Waals surface area contributed by atoms with Crippen molar-refractivity contribution in [2.24, 2.45) is 0 Å². The summed E-state index contributed by atoms with van der Waals surface area (Å²) in [5.41, 5.74) is 0. The number of unbranched alkanes of at least 4 members (excludes halogenated alkanes) is 4. The number of carbonyl (C=O) groups is 2. The minimum Gasteiger partial charge on any atom is -0.478 e. The van der Waals surface area contributed by atoms with Crippen molar-refractivity contribution >= 4 is 54.2 Å². The summed E-state index contributed by atoms with van der Waals surface area (Å²) in [6.07, 6.45) is 12.8. The maximum Gasteiger partial charge on any atom is 0.328 e. The molecular weight excluding hydrogens is 542 g/mol. The number of aliphatic carboxylic acids is 2. The Kier molecular flexibility index (Phi) is 35.8. The molecule has 4 radical (unpaired) electrons. The molecule has 0 aliphatic rings. The van der Waals surface area contributed by atoms with E-state index < -0.39 is 11.9 Å². The molecule has 0 fully saturated rings. The average Bonchev–Trinajstić information content (AvgIpc) is 2.61. The van der Waals surface area contributed by atoms with Crippen LogP contribution in [-0.4, -0.2) is 64.4 Å². The summed E-state index contributed by atoms with van der Waals surface area (Å²) in [5, 5.41) is 15.6. The van der Waals surface area contributed by atoms with Crippen molar-refractivity contribution in [3.8, 4) is 0 Å². The molecule has 0 amide bonds. The first kappa shape index (κ1) is 31.0. The second-order valence-electron chi connectivity index (χ2n) is 5.92. The standard InChI is InChI=1S/C4H4O4.4C4H9.2Sn/c5-3(6)1-2-4(7)8;4*1-3-4-2;;/h1-2H,(H,5,6)(H,7,8);4*1,3-4H2,2H3;;/b2-1-;;;;;;. The van der Waals surface area contributed by atoms with Crippen molar-refractivity contribution in [3.63, 3.8) is 0 Å². The van der Waals surface area contributed by atoms with Crippen molar-refractivity contribution in [3.05, 3.63) is 12.2 Å². The molecule has 0 atom stereocenters. The molecule has 0 bridgehead atoms. The third kappa shape index (κ3) is 44.1. The summed E-state index contributed by atoms with van der Waals surface area (Å²) in [4.78, 5) is 19.1. The number of rotatable bonds is 14. The number of carboxylic acid groups (broad SMARTS) is 2. The largest absolute Gasteiger partial charge is 0.478 e. The van der Waals surface area contributed by atoms with E-state index in [9.17, 15) is 9.59 Å². The van der Waals surface area contributed by atoms with Crippen molar-refractivity contribution < 1.29 is 19.8 Å². The van der Waals surface area contributed by atoms with Gasteiger partial charge in [-0.2, -0.15) is 0 Å². The van der Waals surface area contributed by atoms with Crippen LogP contribution in [0.3, 0.4) is 0 Å². The molecule has 0 unspecified atom stereocenters. The van der Waals surface area contributed by atoms with Crippen molar-refractivity contribution in [1.29, 1.82) is 0 Å². The average molecular weight is 582 g/mol. The second-order valence-corrected chi connectivity index (χ2v) is 14.5. The summed E-state index contributed by atoms with van der Waals surface area (Å²) in [6.45, 7) is 9.16. The number of hydrogen-bond acceptors (Lipinski definition) is 2. The Morgan fingerprint density at radius 1 is 0.615 bits per heavy atom. The molecule has 2 N–H and O–H groups in total. The Morgan fingerprint density at radius 2 is 0.846 bits per heavy atom. The van der Waals surface area contributed by atoms with Crippen LogP contribution in [0.2, 0.25) is 17.7 Å². The molecule has 0 rings (SSSR count). The fourth-order valence-electron chi connectivity index (χ4n) is 1.60. The fourth-order valence-corrected chi connectivity index (χ4v) is 9.92. The molecule has 0 aliphatic carbocycles. The first-order valence-corrected chi connectivity index (χ1v) is 18.1. The van der Waals surface area contributed by atoms with Crippen LogP contribution in [0.1, 0.15) is 79.1 Å². The summed E-state index contributed by atoms with van der Waals surface area (Å²) in [6, 6.07) is 0. The van der Waals surface area contributed by atoms with Crippen LogP contribution in [-0.2, 0) is 9.59 Å². The summed E-state index contributed by atoms with van der Waals surface area (Å²) < 4.78 is 6.50. The topological polar surface area (TPSA) is 74.6 Å². The summed E-state index contributed by atoms with van der Waals surface area (Å²) in [7, 11) is 0.